The van der Waals surface area contributed by atoms with E-state index in [1.807, 2.05) is 0 Å². The minimum absolute atomic E-state index is 0.348. The number of nitrogens with zero attached hydrogens (tertiary/aromatic N) is 2. The molecular formula is C13H9FN4OS. The summed E-state index contributed by atoms with van der Waals surface area (Å²) in [4.78, 5) is 11.8. The normalized spacial score (nSPS) is 10.4. The third kappa shape index (κ3) is 2.72. The largest absolute Gasteiger partial charge is 0.323 e. The van der Waals surface area contributed by atoms with E-state index < -0.39 is 6.03 Å². The quantitative estimate of drug-likeness (QED) is 0.758. The van der Waals surface area contributed by atoms with Crippen molar-refractivity contribution in [3.63, 3.8) is 0 Å². The highest BCUT2D eigenvalue weighted by Gasteiger charge is 2.05. The van der Waals surface area contributed by atoms with Gasteiger partial charge in [0.1, 0.15) is 11.3 Å². The SMILES string of the molecule is O=C(Nc1ccc(F)cc1)Nc1ccc2nnsc2c1. The molecule has 0 unspecified atom stereocenters. The second-order valence-electron chi connectivity index (χ2n) is 4.04. The number of amides is 2. The van der Waals surface area contributed by atoms with Crippen molar-refractivity contribution in [2.24, 2.45) is 0 Å². The van der Waals surface area contributed by atoms with Crippen LogP contribution in [0, 0.1) is 5.82 Å². The highest BCUT2D eigenvalue weighted by Crippen LogP contribution is 2.20. The number of aromatic nitrogens is 2. The van der Waals surface area contributed by atoms with E-state index in [0.717, 1.165) is 10.2 Å². The highest BCUT2D eigenvalue weighted by molar-refractivity contribution is 7.12. The molecule has 2 amide bonds. The molecule has 1 aromatic heterocycles. The molecule has 100 valence electrons. The summed E-state index contributed by atoms with van der Waals surface area (Å²) in [6.45, 7) is 0. The first-order valence-corrected chi connectivity index (χ1v) is 6.54. The zero-order valence-electron chi connectivity index (χ0n) is 10.1. The molecule has 3 aromatic rings. The predicted molar refractivity (Wildman–Crippen MR) is 76.5 cm³/mol. The lowest BCUT2D eigenvalue weighted by molar-refractivity contribution is 0.262. The summed E-state index contributed by atoms with van der Waals surface area (Å²) in [5.74, 6) is -0.348. The van der Waals surface area contributed by atoms with Crippen LogP contribution in [-0.4, -0.2) is 15.6 Å². The number of halogens is 1. The van der Waals surface area contributed by atoms with Crippen LogP contribution in [0.3, 0.4) is 0 Å². The van der Waals surface area contributed by atoms with Gasteiger partial charge in [-0.2, -0.15) is 0 Å². The van der Waals surface area contributed by atoms with Crippen LogP contribution in [-0.2, 0) is 0 Å². The molecule has 0 atom stereocenters. The third-order valence-corrected chi connectivity index (χ3v) is 3.29. The van der Waals surface area contributed by atoms with E-state index >= 15 is 0 Å². The van der Waals surface area contributed by atoms with Crippen molar-refractivity contribution in [1.29, 1.82) is 0 Å². The molecule has 20 heavy (non-hydrogen) atoms. The number of benzene rings is 2. The topological polar surface area (TPSA) is 66.9 Å². The van der Waals surface area contributed by atoms with Crippen LogP contribution in [0.5, 0.6) is 0 Å². The van der Waals surface area contributed by atoms with E-state index in [-0.39, 0.29) is 5.82 Å². The highest BCUT2D eigenvalue weighted by atomic mass is 32.1. The van der Waals surface area contributed by atoms with Crippen molar-refractivity contribution >= 4 is 39.2 Å². The average Bonchev–Trinajstić information content (AvgIpc) is 2.89. The molecule has 0 aliphatic rings. The van der Waals surface area contributed by atoms with Gasteiger partial charge in [0, 0.05) is 11.4 Å². The van der Waals surface area contributed by atoms with E-state index in [9.17, 15) is 9.18 Å². The second kappa shape index (κ2) is 5.22. The van der Waals surface area contributed by atoms with Gasteiger partial charge >= 0.3 is 6.03 Å². The van der Waals surface area contributed by atoms with Crippen molar-refractivity contribution in [2.75, 3.05) is 10.6 Å². The number of hydrogen-bond acceptors (Lipinski definition) is 4. The van der Waals surface area contributed by atoms with Gasteiger partial charge in [-0.15, -0.1) is 5.10 Å². The van der Waals surface area contributed by atoms with E-state index in [0.29, 0.717) is 11.4 Å². The molecule has 7 heteroatoms. The number of anilines is 2. The third-order valence-electron chi connectivity index (χ3n) is 2.61. The molecule has 5 nitrogen and oxygen atoms in total. The van der Waals surface area contributed by atoms with Crippen molar-refractivity contribution in [3.05, 3.63) is 48.3 Å². The smallest absolute Gasteiger partial charge is 0.308 e. The van der Waals surface area contributed by atoms with Gasteiger partial charge in [0.15, 0.2) is 0 Å². The van der Waals surface area contributed by atoms with E-state index in [1.165, 1.54) is 35.8 Å². The van der Waals surface area contributed by atoms with E-state index in [1.54, 1.807) is 18.2 Å². The van der Waals surface area contributed by atoms with Gasteiger partial charge in [-0.25, -0.2) is 9.18 Å². The molecule has 0 aliphatic heterocycles. The zero-order chi connectivity index (χ0) is 13.9. The Bertz CT molecular complexity index is 756. The molecule has 0 bridgehead atoms. The van der Waals surface area contributed by atoms with Gasteiger partial charge in [0.25, 0.3) is 0 Å². The Kier molecular flexibility index (Phi) is 3.26. The predicted octanol–water partition coefficient (Wildman–Crippen LogP) is 3.47. The Morgan fingerprint density at radius 2 is 1.75 bits per heavy atom. The Labute approximate surface area is 117 Å². The number of urea groups is 1. The molecule has 0 saturated heterocycles. The lowest BCUT2D eigenvalue weighted by atomic mass is 10.3. The summed E-state index contributed by atoms with van der Waals surface area (Å²) in [5, 5.41) is 9.23. The van der Waals surface area contributed by atoms with Crippen molar-refractivity contribution < 1.29 is 9.18 Å². The minimum atomic E-state index is -0.395. The van der Waals surface area contributed by atoms with Gasteiger partial charge < -0.3 is 10.6 Å². The molecule has 1 heterocycles. The number of nitrogens with one attached hydrogen (secondary N) is 2. The molecule has 2 N–H and O–H groups in total. The molecule has 0 saturated carbocycles. The Hall–Kier alpha value is -2.54. The summed E-state index contributed by atoms with van der Waals surface area (Å²) in [6, 6.07) is 10.5. The van der Waals surface area contributed by atoms with Crippen LogP contribution in [0.1, 0.15) is 0 Å². The average molecular weight is 288 g/mol. The molecular weight excluding hydrogens is 279 g/mol. The molecule has 3 rings (SSSR count). The van der Waals surface area contributed by atoms with E-state index in [4.69, 9.17) is 0 Å². The fourth-order valence-corrected chi connectivity index (χ4v) is 2.28. The lowest BCUT2D eigenvalue weighted by Gasteiger charge is -2.07. The number of fused-ring (bicyclic) bond motifs is 1. The van der Waals surface area contributed by atoms with Crippen LogP contribution in [0.25, 0.3) is 10.2 Å². The van der Waals surface area contributed by atoms with Gasteiger partial charge in [-0.05, 0) is 54.0 Å². The summed E-state index contributed by atoms with van der Waals surface area (Å²) in [6.07, 6.45) is 0. The molecule has 0 spiro atoms. The second-order valence-corrected chi connectivity index (χ2v) is 4.83. The summed E-state index contributed by atoms with van der Waals surface area (Å²) < 4.78 is 17.5. The lowest BCUT2D eigenvalue weighted by Crippen LogP contribution is -2.19. The zero-order valence-corrected chi connectivity index (χ0v) is 10.9. The molecule has 0 fully saturated rings. The molecule has 2 aromatic carbocycles. The number of hydrogen-bond donors (Lipinski definition) is 2. The van der Waals surface area contributed by atoms with Crippen molar-refractivity contribution in [2.45, 2.75) is 0 Å². The van der Waals surface area contributed by atoms with E-state index in [2.05, 4.69) is 20.2 Å². The fourth-order valence-electron chi connectivity index (χ4n) is 1.68. The van der Waals surface area contributed by atoms with Crippen LogP contribution < -0.4 is 10.6 Å². The maximum absolute atomic E-state index is 12.7. The van der Waals surface area contributed by atoms with Crippen molar-refractivity contribution in [1.82, 2.24) is 9.59 Å². The monoisotopic (exact) mass is 288 g/mol. The van der Waals surface area contributed by atoms with Crippen LogP contribution in [0.15, 0.2) is 42.5 Å². The number of carbonyl (C=O) groups excluding carboxylic acids is 1. The first-order valence-electron chi connectivity index (χ1n) is 5.76. The first-order chi connectivity index (χ1) is 9.70. The van der Waals surface area contributed by atoms with Gasteiger partial charge in [0.2, 0.25) is 0 Å². The maximum atomic E-state index is 12.7. The number of rotatable bonds is 2. The van der Waals surface area contributed by atoms with Gasteiger partial charge in [-0.3, -0.25) is 0 Å². The summed E-state index contributed by atoms with van der Waals surface area (Å²) in [5.41, 5.74) is 1.95. The standard InChI is InChI=1S/C13H9FN4OS/c14-8-1-3-9(4-2-8)15-13(19)16-10-5-6-11-12(7-10)20-18-17-11/h1-7H,(H2,15,16,19). The van der Waals surface area contributed by atoms with Gasteiger partial charge in [-0.1, -0.05) is 4.49 Å². The van der Waals surface area contributed by atoms with Crippen LogP contribution in [0.4, 0.5) is 20.6 Å². The maximum Gasteiger partial charge on any atom is 0.323 e. The molecule has 0 radical (unpaired) electrons. The van der Waals surface area contributed by atoms with Gasteiger partial charge in [0.05, 0.1) is 4.70 Å². The summed E-state index contributed by atoms with van der Waals surface area (Å²) >= 11 is 1.26. The van der Waals surface area contributed by atoms with Crippen LogP contribution >= 0.6 is 11.5 Å². The number of carbonyl (C=O) groups is 1. The fraction of sp³-hybridized carbons (Fsp3) is 0. The van der Waals surface area contributed by atoms with Crippen LogP contribution in [0.2, 0.25) is 0 Å². The molecule has 0 aliphatic carbocycles. The Balaban J connectivity index is 1.70. The Morgan fingerprint density at radius 1 is 1.05 bits per heavy atom. The van der Waals surface area contributed by atoms with Crippen molar-refractivity contribution in [3.8, 4) is 0 Å². The minimum Gasteiger partial charge on any atom is -0.308 e. The Morgan fingerprint density at radius 3 is 2.55 bits per heavy atom. The first kappa shape index (κ1) is 12.5. The summed E-state index contributed by atoms with van der Waals surface area (Å²) in [7, 11) is 0.